The smallest absolute Gasteiger partial charge is 0.131 e. The van der Waals surface area contributed by atoms with Gasteiger partial charge in [-0.05, 0) is 24.6 Å². The number of benzene rings is 1. The summed E-state index contributed by atoms with van der Waals surface area (Å²) in [5.74, 6) is 4.86. The summed E-state index contributed by atoms with van der Waals surface area (Å²) in [5.41, 5.74) is 0.896. The van der Waals surface area contributed by atoms with E-state index in [4.69, 9.17) is 11.6 Å². The predicted octanol–water partition coefficient (Wildman–Crippen LogP) is 2.73. The van der Waals surface area contributed by atoms with Crippen LogP contribution in [-0.4, -0.2) is 6.29 Å². The summed E-state index contributed by atoms with van der Waals surface area (Å²) in [7, 11) is 0. The van der Waals surface area contributed by atoms with Crippen LogP contribution in [-0.2, 0) is 4.79 Å². The maximum atomic E-state index is 13.1. The zero-order valence-electron chi connectivity index (χ0n) is 7.60. The van der Waals surface area contributed by atoms with Crippen LogP contribution >= 0.6 is 11.6 Å². The molecule has 0 spiro atoms. The molecule has 0 bridgehead atoms. The SMILES string of the molecule is Cc1cc(Cl)c(C#CCC=O)cc1F. The van der Waals surface area contributed by atoms with Crippen molar-refractivity contribution in [2.45, 2.75) is 13.3 Å². The summed E-state index contributed by atoms with van der Waals surface area (Å²) < 4.78 is 13.1. The van der Waals surface area contributed by atoms with Crippen LogP contribution in [0.3, 0.4) is 0 Å². The van der Waals surface area contributed by atoms with Crippen LogP contribution < -0.4 is 0 Å². The van der Waals surface area contributed by atoms with Crippen molar-refractivity contribution in [1.82, 2.24) is 0 Å². The molecule has 0 radical (unpaired) electrons. The fourth-order valence-electron chi connectivity index (χ4n) is 0.930. The number of carbonyl (C=O) groups is 1. The Kier molecular flexibility index (Phi) is 3.67. The van der Waals surface area contributed by atoms with E-state index in [2.05, 4.69) is 11.8 Å². The van der Waals surface area contributed by atoms with Gasteiger partial charge >= 0.3 is 0 Å². The van der Waals surface area contributed by atoms with Crippen LogP contribution in [0.1, 0.15) is 17.5 Å². The Hall–Kier alpha value is -1.33. The van der Waals surface area contributed by atoms with Gasteiger partial charge in [-0.15, -0.1) is 0 Å². The molecular formula is C11H8ClFO. The zero-order chi connectivity index (χ0) is 10.6. The Morgan fingerprint density at radius 1 is 1.57 bits per heavy atom. The molecule has 72 valence electrons. The van der Waals surface area contributed by atoms with Crippen LogP contribution in [0.4, 0.5) is 4.39 Å². The van der Waals surface area contributed by atoms with E-state index >= 15 is 0 Å². The normalized spacial score (nSPS) is 9.07. The molecule has 0 aromatic heterocycles. The lowest BCUT2D eigenvalue weighted by Gasteiger charge is -1.99. The summed E-state index contributed by atoms with van der Waals surface area (Å²) in [6.45, 7) is 1.63. The monoisotopic (exact) mass is 210 g/mol. The topological polar surface area (TPSA) is 17.1 Å². The molecule has 0 N–H and O–H groups in total. The third-order valence-corrected chi connectivity index (χ3v) is 1.97. The van der Waals surface area contributed by atoms with Crippen LogP contribution in [0, 0.1) is 24.6 Å². The van der Waals surface area contributed by atoms with E-state index in [1.807, 2.05) is 0 Å². The van der Waals surface area contributed by atoms with Crippen molar-refractivity contribution in [2.75, 3.05) is 0 Å². The number of aldehydes is 1. The van der Waals surface area contributed by atoms with Gasteiger partial charge in [0.2, 0.25) is 0 Å². The summed E-state index contributed by atoms with van der Waals surface area (Å²) >= 11 is 5.82. The summed E-state index contributed by atoms with van der Waals surface area (Å²) in [6.07, 6.45) is 0.817. The van der Waals surface area contributed by atoms with E-state index in [0.717, 1.165) is 0 Å². The predicted molar refractivity (Wildman–Crippen MR) is 53.7 cm³/mol. The minimum atomic E-state index is -0.343. The maximum absolute atomic E-state index is 13.1. The minimum Gasteiger partial charge on any atom is -0.302 e. The van der Waals surface area contributed by atoms with Crippen molar-refractivity contribution in [1.29, 1.82) is 0 Å². The molecule has 1 rings (SSSR count). The fraction of sp³-hybridized carbons (Fsp3) is 0.182. The highest BCUT2D eigenvalue weighted by Crippen LogP contribution is 2.19. The molecule has 1 nitrogen and oxygen atoms in total. The maximum Gasteiger partial charge on any atom is 0.131 e. The molecule has 0 saturated carbocycles. The van der Waals surface area contributed by atoms with Gasteiger partial charge in [0, 0.05) is 5.56 Å². The van der Waals surface area contributed by atoms with Gasteiger partial charge in [-0.25, -0.2) is 4.39 Å². The first kappa shape index (κ1) is 10.7. The lowest BCUT2D eigenvalue weighted by atomic mass is 10.1. The summed E-state index contributed by atoms with van der Waals surface area (Å²) in [4.78, 5) is 9.99. The second-order valence-electron chi connectivity index (χ2n) is 2.75. The molecule has 0 aliphatic rings. The van der Waals surface area contributed by atoms with E-state index in [1.165, 1.54) is 12.1 Å². The highest BCUT2D eigenvalue weighted by atomic mass is 35.5. The Balaban J connectivity index is 3.05. The van der Waals surface area contributed by atoms with Crippen molar-refractivity contribution in [3.63, 3.8) is 0 Å². The van der Waals surface area contributed by atoms with Crippen LogP contribution in [0.15, 0.2) is 12.1 Å². The minimum absolute atomic E-state index is 0.131. The van der Waals surface area contributed by atoms with Gasteiger partial charge in [-0.3, -0.25) is 0 Å². The van der Waals surface area contributed by atoms with Crippen molar-refractivity contribution >= 4 is 17.9 Å². The van der Waals surface area contributed by atoms with Crippen LogP contribution in [0.2, 0.25) is 5.02 Å². The molecule has 14 heavy (non-hydrogen) atoms. The zero-order valence-corrected chi connectivity index (χ0v) is 8.36. The molecule has 0 fully saturated rings. The molecule has 1 aromatic rings. The van der Waals surface area contributed by atoms with E-state index in [1.54, 1.807) is 6.92 Å². The molecule has 3 heteroatoms. The van der Waals surface area contributed by atoms with Crippen molar-refractivity contribution in [3.8, 4) is 11.8 Å². The number of carbonyl (C=O) groups excluding carboxylic acids is 1. The summed E-state index contributed by atoms with van der Waals surface area (Å²) in [5, 5.41) is 0.405. The van der Waals surface area contributed by atoms with Gasteiger partial charge in [0.15, 0.2) is 0 Å². The van der Waals surface area contributed by atoms with Gasteiger partial charge in [0.1, 0.15) is 12.1 Å². The van der Waals surface area contributed by atoms with Gasteiger partial charge in [0.05, 0.1) is 11.4 Å². The van der Waals surface area contributed by atoms with Crippen LogP contribution in [0.25, 0.3) is 0 Å². The first-order chi connectivity index (χ1) is 6.65. The number of hydrogen-bond acceptors (Lipinski definition) is 1. The molecule has 1 aromatic carbocycles. The quantitative estimate of drug-likeness (QED) is 0.515. The Bertz CT molecular complexity index is 415. The highest BCUT2D eigenvalue weighted by molar-refractivity contribution is 6.31. The molecule has 0 aliphatic heterocycles. The average Bonchev–Trinajstić information content (AvgIpc) is 2.14. The standard InChI is InChI=1S/C11H8ClFO/c1-8-6-10(12)9(7-11(8)13)4-2-3-5-14/h5-7H,3H2,1H3. The number of halogens is 2. The highest BCUT2D eigenvalue weighted by Gasteiger charge is 2.02. The number of hydrogen-bond donors (Lipinski definition) is 0. The fourth-order valence-corrected chi connectivity index (χ4v) is 1.20. The largest absolute Gasteiger partial charge is 0.302 e. The van der Waals surface area contributed by atoms with Gasteiger partial charge < -0.3 is 4.79 Å². The van der Waals surface area contributed by atoms with E-state index in [-0.39, 0.29) is 12.2 Å². The van der Waals surface area contributed by atoms with Crippen molar-refractivity contribution in [2.24, 2.45) is 0 Å². The Morgan fingerprint density at radius 2 is 2.29 bits per heavy atom. The van der Waals surface area contributed by atoms with Gasteiger partial charge in [-0.2, -0.15) is 0 Å². The molecule has 0 atom stereocenters. The summed E-state index contributed by atoms with van der Waals surface area (Å²) in [6, 6.07) is 2.79. The number of aryl methyl sites for hydroxylation is 1. The lowest BCUT2D eigenvalue weighted by Crippen LogP contribution is -1.86. The second kappa shape index (κ2) is 4.78. The number of rotatable bonds is 1. The second-order valence-corrected chi connectivity index (χ2v) is 3.16. The Morgan fingerprint density at radius 3 is 2.93 bits per heavy atom. The molecule has 0 unspecified atom stereocenters. The molecular weight excluding hydrogens is 203 g/mol. The third-order valence-electron chi connectivity index (χ3n) is 1.66. The van der Waals surface area contributed by atoms with E-state index in [9.17, 15) is 9.18 Å². The first-order valence-electron chi connectivity index (χ1n) is 4.03. The van der Waals surface area contributed by atoms with E-state index < -0.39 is 0 Å². The van der Waals surface area contributed by atoms with Crippen molar-refractivity contribution in [3.05, 3.63) is 34.1 Å². The third kappa shape index (κ3) is 2.58. The average molecular weight is 211 g/mol. The van der Waals surface area contributed by atoms with Gasteiger partial charge in [0.25, 0.3) is 0 Å². The Labute approximate surface area is 86.9 Å². The lowest BCUT2D eigenvalue weighted by molar-refractivity contribution is -0.107. The molecule has 0 aliphatic carbocycles. The first-order valence-corrected chi connectivity index (χ1v) is 4.41. The van der Waals surface area contributed by atoms with E-state index in [0.29, 0.717) is 22.4 Å². The van der Waals surface area contributed by atoms with Crippen molar-refractivity contribution < 1.29 is 9.18 Å². The van der Waals surface area contributed by atoms with Gasteiger partial charge in [-0.1, -0.05) is 23.4 Å². The molecule has 0 amide bonds. The molecule has 0 saturated heterocycles. The van der Waals surface area contributed by atoms with Crippen LogP contribution in [0.5, 0.6) is 0 Å². The molecule has 0 heterocycles.